The van der Waals surface area contributed by atoms with Crippen molar-refractivity contribution in [3.05, 3.63) is 34.3 Å². The fraction of sp³-hybridized carbons (Fsp3) is 0.600. The fourth-order valence-electron chi connectivity index (χ4n) is 3.42. The van der Waals surface area contributed by atoms with Gasteiger partial charge < -0.3 is 5.32 Å². The summed E-state index contributed by atoms with van der Waals surface area (Å²) in [6, 6.07) is 6.46. The van der Waals surface area contributed by atoms with Crippen molar-refractivity contribution >= 4 is 11.6 Å². The summed E-state index contributed by atoms with van der Waals surface area (Å²) < 4.78 is 0. The lowest BCUT2D eigenvalue weighted by Gasteiger charge is -2.25. The second-order valence-electron chi connectivity index (χ2n) is 5.51. The lowest BCUT2D eigenvalue weighted by Crippen LogP contribution is -2.28. The summed E-state index contributed by atoms with van der Waals surface area (Å²) in [6.45, 7) is 2.42. The van der Waals surface area contributed by atoms with Crippen molar-refractivity contribution in [3.63, 3.8) is 0 Å². The van der Waals surface area contributed by atoms with E-state index in [-0.39, 0.29) is 0 Å². The van der Waals surface area contributed by atoms with Crippen LogP contribution < -0.4 is 5.32 Å². The van der Waals surface area contributed by atoms with Crippen molar-refractivity contribution in [2.24, 2.45) is 5.92 Å². The largest absolute Gasteiger partial charge is 0.317 e. The molecule has 0 aromatic heterocycles. The summed E-state index contributed by atoms with van der Waals surface area (Å²) in [4.78, 5) is 0. The quantitative estimate of drug-likeness (QED) is 0.842. The molecule has 1 aromatic carbocycles. The Balaban J connectivity index is 1.72. The Hall–Kier alpha value is -0.530. The SMILES string of the molecule is Clc1ccc2c(c1)C(CC1CCNCC1)CC2. The first-order valence-electron chi connectivity index (χ1n) is 6.82. The van der Waals surface area contributed by atoms with Crippen molar-refractivity contribution in [2.75, 3.05) is 13.1 Å². The van der Waals surface area contributed by atoms with Crippen LogP contribution in [0.3, 0.4) is 0 Å². The summed E-state index contributed by atoms with van der Waals surface area (Å²) in [7, 11) is 0. The first kappa shape index (κ1) is 11.6. The molecule has 0 amide bonds. The number of fused-ring (bicyclic) bond motifs is 1. The van der Waals surface area contributed by atoms with Gasteiger partial charge in [-0.05, 0) is 80.3 Å². The summed E-state index contributed by atoms with van der Waals surface area (Å²) in [5.74, 6) is 1.69. The number of halogens is 1. The molecular weight excluding hydrogens is 230 g/mol. The van der Waals surface area contributed by atoms with Crippen LogP contribution in [0.4, 0.5) is 0 Å². The van der Waals surface area contributed by atoms with Gasteiger partial charge in [0, 0.05) is 5.02 Å². The van der Waals surface area contributed by atoms with Gasteiger partial charge in [-0.1, -0.05) is 17.7 Å². The Labute approximate surface area is 109 Å². The van der Waals surface area contributed by atoms with E-state index in [0.29, 0.717) is 0 Å². The molecule has 1 aliphatic heterocycles. The van der Waals surface area contributed by atoms with E-state index in [2.05, 4.69) is 17.4 Å². The van der Waals surface area contributed by atoms with Gasteiger partial charge in [0.05, 0.1) is 0 Å². The maximum Gasteiger partial charge on any atom is 0.0409 e. The molecule has 0 saturated carbocycles. The molecule has 1 heterocycles. The Morgan fingerprint density at radius 3 is 2.82 bits per heavy atom. The number of benzene rings is 1. The van der Waals surface area contributed by atoms with Gasteiger partial charge in [0.1, 0.15) is 0 Å². The number of piperidine rings is 1. The highest BCUT2D eigenvalue weighted by atomic mass is 35.5. The first-order valence-corrected chi connectivity index (χ1v) is 7.20. The molecule has 0 bridgehead atoms. The molecule has 1 aromatic rings. The number of hydrogen-bond acceptors (Lipinski definition) is 1. The minimum atomic E-state index is 0.770. The van der Waals surface area contributed by atoms with Gasteiger partial charge in [-0.15, -0.1) is 0 Å². The summed E-state index contributed by atoms with van der Waals surface area (Å²) in [5.41, 5.74) is 3.07. The Bertz CT molecular complexity index is 396. The van der Waals surface area contributed by atoms with Crippen LogP contribution in [0.5, 0.6) is 0 Å². The molecule has 17 heavy (non-hydrogen) atoms. The lowest BCUT2D eigenvalue weighted by molar-refractivity contribution is 0.330. The molecule has 2 heteroatoms. The third kappa shape index (κ3) is 2.51. The van der Waals surface area contributed by atoms with Gasteiger partial charge in [0.15, 0.2) is 0 Å². The molecule has 92 valence electrons. The van der Waals surface area contributed by atoms with E-state index >= 15 is 0 Å². The maximum atomic E-state index is 6.12. The molecule has 2 aliphatic rings. The molecule has 3 rings (SSSR count). The zero-order valence-electron chi connectivity index (χ0n) is 10.2. The Kier molecular flexibility index (Phi) is 3.39. The minimum Gasteiger partial charge on any atom is -0.317 e. The van der Waals surface area contributed by atoms with Gasteiger partial charge >= 0.3 is 0 Å². The molecular formula is C15H20ClN. The normalized spacial score (nSPS) is 24.9. The second-order valence-corrected chi connectivity index (χ2v) is 5.94. The van der Waals surface area contributed by atoms with E-state index in [4.69, 9.17) is 11.6 Å². The predicted octanol–water partition coefficient (Wildman–Crippen LogP) is 3.76. The van der Waals surface area contributed by atoms with Crippen LogP contribution in [0, 0.1) is 5.92 Å². The van der Waals surface area contributed by atoms with E-state index in [1.165, 1.54) is 56.3 Å². The smallest absolute Gasteiger partial charge is 0.0409 e. The molecule has 1 N–H and O–H groups in total. The molecule has 1 nitrogen and oxygen atoms in total. The van der Waals surface area contributed by atoms with Crippen LogP contribution in [-0.2, 0) is 6.42 Å². The van der Waals surface area contributed by atoms with Gasteiger partial charge in [0.25, 0.3) is 0 Å². The molecule has 0 radical (unpaired) electrons. The zero-order valence-corrected chi connectivity index (χ0v) is 11.0. The van der Waals surface area contributed by atoms with Gasteiger partial charge in [-0.25, -0.2) is 0 Å². The fourth-order valence-corrected chi connectivity index (χ4v) is 3.60. The molecule has 0 spiro atoms. The monoisotopic (exact) mass is 249 g/mol. The Morgan fingerprint density at radius 2 is 2.00 bits per heavy atom. The maximum absolute atomic E-state index is 6.12. The van der Waals surface area contributed by atoms with E-state index < -0.39 is 0 Å². The Morgan fingerprint density at radius 1 is 1.18 bits per heavy atom. The minimum absolute atomic E-state index is 0.770. The van der Waals surface area contributed by atoms with Crippen molar-refractivity contribution in [1.82, 2.24) is 5.32 Å². The zero-order chi connectivity index (χ0) is 11.7. The van der Waals surface area contributed by atoms with Crippen LogP contribution >= 0.6 is 11.6 Å². The molecule has 1 atom stereocenters. The van der Waals surface area contributed by atoms with Crippen LogP contribution in [0.25, 0.3) is 0 Å². The summed E-state index contributed by atoms with van der Waals surface area (Å²) in [6.07, 6.45) is 6.66. The molecule has 1 saturated heterocycles. The molecule has 1 aliphatic carbocycles. The van der Waals surface area contributed by atoms with E-state index in [1.54, 1.807) is 0 Å². The standard InChI is InChI=1S/C15H20ClN/c16-14-4-3-12-1-2-13(15(12)10-14)9-11-5-7-17-8-6-11/h3-4,10-11,13,17H,1-2,5-9H2. The van der Waals surface area contributed by atoms with E-state index in [9.17, 15) is 0 Å². The highest BCUT2D eigenvalue weighted by Crippen LogP contribution is 2.40. The molecule has 1 unspecified atom stereocenters. The van der Waals surface area contributed by atoms with Crippen molar-refractivity contribution in [1.29, 1.82) is 0 Å². The number of rotatable bonds is 2. The summed E-state index contributed by atoms with van der Waals surface area (Å²) >= 11 is 6.12. The highest BCUT2D eigenvalue weighted by Gasteiger charge is 2.26. The van der Waals surface area contributed by atoms with Crippen molar-refractivity contribution in [2.45, 2.75) is 38.0 Å². The van der Waals surface area contributed by atoms with E-state index in [0.717, 1.165) is 16.9 Å². The van der Waals surface area contributed by atoms with Crippen LogP contribution in [0.1, 0.15) is 42.7 Å². The predicted molar refractivity (Wildman–Crippen MR) is 72.7 cm³/mol. The average Bonchev–Trinajstić information content (AvgIpc) is 2.73. The highest BCUT2D eigenvalue weighted by molar-refractivity contribution is 6.30. The van der Waals surface area contributed by atoms with Crippen LogP contribution in [0.15, 0.2) is 18.2 Å². The third-order valence-corrected chi connectivity index (χ3v) is 4.62. The topological polar surface area (TPSA) is 12.0 Å². The third-order valence-electron chi connectivity index (χ3n) is 4.39. The van der Waals surface area contributed by atoms with Gasteiger partial charge in [0.2, 0.25) is 0 Å². The van der Waals surface area contributed by atoms with Crippen LogP contribution in [-0.4, -0.2) is 13.1 Å². The lowest BCUT2D eigenvalue weighted by atomic mass is 9.85. The number of hydrogen-bond donors (Lipinski definition) is 1. The number of aryl methyl sites for hydroxylation is 1. The summed E-state index contributed by atoms with van der Waals surface area (Å²) in [5, 5.41) is 4.35. The molecule has 1 fully saturated rings. The number of nitrogens with one attached hydrogen (secondary N) is 1. The van der Waals surface area contributed by atoms with Crippen molar-refractivity contribution < 1.29 is 0 Å². The average molecular weight is 250 g/mol. The van der Waals surface area contributed by atoms with Gasteiger partial charge in [-0.2, -0.15) is 0 Å². The van der Waals surface area contributed by atoms with E-state index in [1.807, 2.05) is 6.07 Å². The first-order chi connectivity index (χ1) is 8.33. The van der Waals surface area contributed by atoms with Gasteiger partial charge in [-0.3, -0.25) is 0 Å². The second kappa shape index (κ2) is 4.99. The van der Waals surface area contributed by atoms with Crippen molar-refractivity contribution in [3.8, 4) is 0 Å². The van der Waals surface area contributed by atoms with Crippen LogP contribution in [0.2, 0.25) is 5.02 Å².